The quantitative estimate of drug-likeness (QED) is 0.521. The summed E-state index contributed by atoms with van der Waals surface area (Å²) in [5.74, 6) is 1.80. The normalized spacial score (nSPS) is 11.2. The molecule has 0 aliphatic rings. The van der Waals surface area contributed by atoms with Gasteiger partial charge in [-0.05, 0) is 30.7 Å². The Hall–Kier alpha value is -3.49. The lowest BCUT2D eigenvalue weighted by atomic mass is 10.2. The van der Waals surface area contributed by atoms with Crippen molar-refractivity contribution < 1.29 is 14.3 Å². The SMILES string of the molecule is COC(=O)CCCc1nc2n[nH]cc2c2nc(-c3ccc(OC)cc3)nn12. The highest BCUT2D eigenvalue weighted by atomic mass is 16.5. The number of benzene rings is 1. The number of H-pyrrole nitrogens is 1. The molecule has 27 heavy (non-hydrogen) atoms. The molecular formula is C18H18N6O3. The molecule has 0 aliphatic carbocycles. The van der Waals surface area contributed by atoms with E-state index in [1.54, 1.807) is 17.8 Å². The Kier molecular flexibility index (Phi) is 4.41. The number of carbonyl (C=O) groups is 1. The Balaban J connectivity index is 1.75. The van der Waals surface area contributed by atoms with Crippen molar-refractivity contribution in [1.82, 2.24) is 29.8 Å². The van der Waals surface area contributed by atoms with Crippen LogP contribution in [-0.4, -0.2) is 50.0 Å². The van der Waals surface area contributed by atoms with E-state index in [4.69, 9.17) is 9.47 Å². The molecule has 0 aliphatic heterocycles. The minimum absolute atomic E-state index is 0.246. The van der Waals surface area contributed by atoms with Gasteiger partial charge in [0.25, 0.3) is 0 Å². The maximum Gasteiger partial charge on any atom is 0.305 e. The fraction of sp³-hybridized carbons (Fsp3) is 0.278. The minimum atomic E-state index is -0.246. The van der Waals surface area contributed by atoms with Crippen LogP contribution >= 0.6 is 0 Å². The van der Waals surface area contributed by atoms with Gasteiger partial charge >= 0.3 is 5.97 Å². The van der Waals surface area contributed by atoms with Gasteiger partial charge in [-0.2, -0.15) is 9.61 Å². The van der Waals surface area contributed by atoms with E-state index in [9.17, 15) is 4.79 Å². The zero-order valence-electron chi connectivity index (χ0n) is 15.0. The number of carbonyl (C=O) groups excluding carboxylic acids is 1. The van der Waals surface area contributed by atoms with Gasteiger partial charge in [0, 0.05) is 24.6 Å². The van der Waals surface area contributed by atoms with Gasteiger partial charge in [0.05, 0.1) is 19.6 Å². The number of nitrogens with one attached hydrogen (secondary N) is 1. The second kappa shape index (κ2) is 7.02. The zero-order chi connectivity index (χ0) is 18.8. The number of hydrogen-bond donors (Lipinski definition) is 1. The highest BCUT2D eigenvalue weighted by molar-refractivity contribution is 5.89. The second-order valence-electron chi connectivity index (χ2n) is 5.98. The van der Waals surface area contributed by atoms with Gasteiger partial charge in [0.1, 0.15) is 11.6 Å². The first kappa shape index (κ1) is 17.0. The Morgan fingerprint density at radius 1 is 1.19 bits per heavy atom. The lowest BCUT2D eigenvalue weighted by Gasteiger charge is -2.03. The molecule has 0 unspecified atom stereocenters. The summed E-state index contributed by atoms with van der Waals surface area (Å²) in [4.78, 5) is 20.6. The van der Waals surface area contributed by atoms with Gasteiger partial charge in [-0.1, -0.05) is 0 Å². The van der Waals surface area contributed by atoms with Gasteiger partial charge in [0.15, 0.2) is 17.1 Å². The topological polar surface area (TPSA) is 107 Å². The third kappa shape index (κ3) is 3.19. The average Bonchev–Trinajstić information content (AvgIpc) is 3.34. The number of rotatable bonds is 6. The summed E-state index contributed by atoms with van der Waals surface area (Å²) in [6.45, 7) is 0. The first-order valence-electron chi connectivity index (χ1n) is 8.50. The van der Waals surface area contributed by atoms with Crippen LogP contribution in [0.2, 0.25) is 0 Å². The van der Waals surface area contributed by atoms with Gasteiger partial charge in [-0.15, -0.1) is 5.10 Å². The fourth-order valence-electron chi connectivity index (χ4n) is 2.89. The molecule has 0 saturated carbocycles. The molecule has 4 rings (SSSR count). The van der Waals surface area contributed by atoms with Crippen molar-refractivity contribution in [2.75, 3.05) is 14.2 Å². The first-order chi connectivity index (χ1) is 13.2. The largest absolute Gasteiger partial charge is 0.497 e. The van der Waals surface area contributed by atoms with Crippen LogP contribution in [0.1, 0.15) is 18.7 Å². The Labute approximate surface area is 154 Å². The number of nitrogens with zero attached hydrogens (tertiary/aromatic N) is 5. The zero-order valence-corrected chi connectivity index (χ0v) is 15.0. The van der Waals surface area contributed by atoms with Gasteiger partial charge < -0.3 is 9.47 Å². The standard InChI is InChI=1S/C18H18N6O3/c1-26-12-8-6-11(7-9-12)16-21-18-13-10-19-22-17(13)20-14(24(18)23-16)4-3-5-15(25)27-2/h6-10H,3-5H2,1-2H3,(H,19,22). The molecular weight excluding hydrogens is 348 g/mol. The molecule has 3 heterocycles. The van der Waals surface area contributed by atoms with Crippen molar-refractivity contribution in [2.24, 2.45) is 0 Å². The van der Waals surface area contributed by atoms with Crippen molar-refractivity contribution in [3.8, 4) is 17.1 Å². The Bertz CT molecular complexity index is 1100. The van der Waals surface area contributed by atoms with Crippen LogP contribution in [-0.2, 0) is 16.0 Å². The number of fused-ring (bicyclic) bond motifs is 3. The molecule has 0 saturated heterocycles. The Morgan fingerprint density at radius 3 is 2.74 bits per heavy atom. The summed E-state index contributed by atoms with van der Waals surface area (Å²) >= 11 is 0. The fourth-order valence-corrected chi connectivity index (χ4v) is 2.89. The molecule has 0 amide bonds. The highest BCUT2D eigenvalue weighted by Gasteiger charge is 2.16. The van der Waals surface area contributed by atoms with E-state index in [1.165, 1.54) is 7.11 Å². The maximum absolute atomic E-state index is 11.4. The van der Waals surface area contributed by atoms with Gasteiger partial charge in [-0.3, -0.25) is 9.89 Å². The van der Waals surface area contributed by atoms with Crippen molar-refractivity contribution in [3.63, 3.8) is 0 Å². The van der Waals surface area contributed by atoms with E-state index >= 15 is 0 Å². The van der Waals surface area contributed by atoms with Gasteiger partial charge in [-0.25, -0.2) is 9.97 Å². The third-order valence-electron chi connectivity index (χ3n) is 4.30. The van der Waals surface area contributed by atoms with E-state index in [-0.39, 0.29) is 5.97 Å². The highest BCUT2D eigenvalue weighted by Crippen LogP contribution is 2.23. The van der Waals surface area contributed by atoms with Gasteiger partial charge in [0.2, 0.25) is 0 Å². The van der Waals surface area contributed by atoms with Crippen molar-refractivity contribution in [2.45, 2.75) is 19.3 Å². The molecule has 1 N–H and O–H groups in total. The van der Waals surface area contributed by atoms with E-state index in [2.05, 4.69) is 25.3 Å². The number of methoxy groups -OCH3 is 2. The van der Waals surface area contributed by atoms with E-state index in [0.29, 0.717) is 42.2 Å². The van der Waals surface area contributed by atoms with E-state index in [1.807, 2.05) is 24.3 Å². The maximum atomic E-state index is 11.4. The molecule has 138 valence electrons. The first-order valence-corrected chi connectivity index (χ1v) is 8.50. The predicted octanol–water partition coefficient (Wildman–Crippen LogP) is 2.17. The number of esters is 1. The molecule has 0 spiro atoms. The molecule has 0 radical (unpaired) electrons. The lowest BCUT2D eigenvalue weighted by molar-refractivity contribution is -0.140. The van der Waals surface area contributed by atoms with Crippen LogP contribution in [0.3, 0.4) is 0 Å². The van der Waals surface area contributed by atoms with E-state index in [0.717, 1.165) is 16.7 Å². The number of aryl methyl sites for hydroxylation is 1. The summed E-state index contributed by atoms with van der Waals surface area (Å²) in [5.41, 5.74) is 2.12. The van der Waals surface area contributed by atoms with Crippen molar-refractivity contribution in [3.05, 3.63) is 36.3 Å². The monoisotopic (exact) mass is 366 g/mol. The summed E-state index contributed by atoms with van der Waals surface area (Å²) in [7, 11) is 3.01. The Morgan fingerprint density at radius 2 is 2.00 bits per heavy atom. The van der Waals surface area contributed by atoms with Crippen LogP contribution < -0.4 is 4.74 Å². The van der Waals surface area contributed by atoms with Crippen LogP contribution in [0.15, 0.2) is 30.5 Å². The predicted molar refractivity (Wildman–Crippen MR) is 97.4 cm³/mol. The molecule has 9 nitrogen and oxygen atoms in total. The summed E-state index contributed by atoms with van der Waals surface area (Å²) in [6, 6.07) is 7.54. The van der Waals surface area contributed by atoms with Crippen LogP contribution in [0.5, 0.6) is 5.75 Å². The molecule has 9 heteroatoms. The molecule has 0 bridgehead atoms. The molecule has 0 fully saturated rings. The lowest BCUT2D eigenvalue weighted by Crippen LogP contribution is -2.06. The molecule has 0 atom stereocenters. The van der Waals surface area contributed by atoms with E-state index < -0.39 is 0 Å². The summed E-state index contributed by atoms with van der Waals surface area (Å²) in [5, 5.41) is 12.4. The average molecular weight is 366 g/mol. The minimum Gasteiger partial charge on any atom is -0.497 e. The molecule has 1 aromatic carbocycles. The second-order valence-corrected chi connectivity index (χ2v) is 5.98. The number of aromatic amines is 1. The number of aromatic nitrogens is 6. The molecule has 4 aromatic rings. The molecule has 3 aromatic heterocycles. The summed E-state index contributed by atoms with van der Waals surface area (Å²) in [6.07, 6.45) is 3.23. The van der Waals surface area contributed by atoms with Crippen molar-refractivity contribution in [1.29, 1.82) is 0 Å². The van der Waals surface area contributed by atoms with Crippen LogP contribution in [0.25, 0.3) is 28.1 Å². The number of ether oxygens (including phenoxy) is 2. The van der Waals surface area contributed by atoms with Crippen LogP contribution in [0.4, 0.5) is 0 Å². The van der Waals surface area contributed by atoms with Crippen LogP contribution in [0, 0.1) is 0 Å². The van der Waals surface area contributed by atoms with Crippen molar-refractivity contribution >= 4 is 22.6 Å². The third-order valence-corrected chi connectivity index (χ3v) is 4.30. The smallest absolute Gasteiger partial charge is 0.305 e. The number of hydrogen-bond acceptors (Lipinski definition) is 7. The summed E-state index contributed by atoms with van der Waals surface area (Å²) < 4.78 is 11.6.